The van der Waals surface area contributed by atoms with Crippen LogP contribution in [0.25, 0.3) is 5.76 Å². The van der Waals surface area contributed by atoms with E-state index in [1.165, 1.54) is 4.90 Å². The molecule has 3 aromatic rings. The molecule has 29 heavy (non-hydrogen) atoms. The average molecular weight is 384 g/mol. The van der Waals surface area contributed by atoms with Crippen LogP contribution >= 0.6 is 0 Å². The molecule has 1 N–H and O–H groups in total. The highest BCUT2D eigenvalue weighted by Gasteiger charge is 2.47. The minimum absolute atomic E-state index is 0.0633. The Labute approximate surface area is 169 Å². The van der Waals surface area contributed by atoms with E-state index in [2.05, 4.69) is 4.98 Å². The van der Waals surface area contributed by atoms with Crippen LogP contribution in [-0.4, -0.2) is 21.8 Å². The van der Waals surface area contributed by atoms with Gasteiger partial charge in [0.25, 0.3) is 5.78 Å². The lowest BCUT2D eigenvalue weighted by atomic mass is 9.95. The molecule has 2 aromatic carbocycles. The third kappa shape index (κ3) is 3.31. The Morgan fingerprint density at radius 2 is 1.59 bits per heavy atom. The number of carbonyl (C=O) groups excluding carboxylic acids is 2. The number of rotatable bonds is 3. The van der Waals surface area contributed by atoms with Gasteiger partial charge in [-0.2, -0.15) is 0 Å². The van der Waals surface area contributed by atoms with Crippen molar-refractivity contribution in [3.8, 4) is 0 Å². The van der Waals surface area contributed by atoms with Gasteiger partial charge in [-0.05, 0) is 31.5 Å². The molecule has 144 valence electrons. The molecule has 1 unspecified atom stereocenters. The smallest absolute Gasteiger partial charge is 0.301 e. The highest BCUT2D eigenvalue weighted by molar-refractivity contribution is 6.51. The van der Waals surface area contributed by atoms with E-state index in [-0.39, 0.29) is 11.3 Å². The lowest BCUT2D eigenvalue weighted by Crippen LogP contribution is -2.30. The van der Waals surface area contributed by atoms with E-state index in [4.69, 9.17) is 0 Å². The zero-order valence-electron chi connectivity index (χ0n) is 16.2. The molecule has 0 aliphatic carbocycles. The molecule has 1 saturated heterocycles. The largest absolute Gasteiger partial charge is 0.507 e. The molecule has 1 fully saturated rings. The summed E-state index contributed by atoms with van der Waals surface area (Å²) >= 11 is 0. The standard InChI is InChI=1S/C24H20N2O3/c1-15-11-13-17(14-12-15)21-20(22(27)18-8-4-3-5-9-18)23(28)24(29)26(21)19-10-6-7-16(2)25-19/h3-14,21,27H,1-2H3/b22-20-. The number of Topliss-reactive ketones (excluding diaryl/α,β-unsaturated/α-hetero) is 1. The number of ketones is 1. The number of aryl methyl sites for hydroxylation is 2. The summed E-state index contributed by atoms with van der Waals surface area (Å²) in [6, 6.07) is 20.9. The number of aliphatic hydroxyl groups excluding tert-OH is 1. The van der Waals surface area contributed by atoms with Crippen LogP contribution in [0.3, 0.4) is 0 Å². The zero-order chi connectivity index (χ0) is 20.5. The van der Waals surface area contributed by atoms with Crippen LogP contribution in [0, 0.1) is 13.8 Å². The lowest BCUT2D eigenvalue weighted by molar-refractivity contribution is -0.132. The molecule has 0 spiro atoms. The van der Waals surface area contributed by atoms with Crippen molar-refractivity contribution >= 4 is 23.3 Å². The maximum Gasteiger partial charge on any atom is 0.301 e. The predicted octanol–water partition coefficient (Wildman–Crippen LogP) is 4.32. The number of aromatic nitrogens is 1. The van der Waals surface area contributed by atoms with Crippen LogP contribution in [0.4, 0.5) is 5.82 Å². The quantitative estimate of drug-likeness (QED) is 0.415. The molecule has 1 aliphatic rings. The summed E-state index contributed by atoms with van der Waals surface area (Å²) in [4.78, 5) is 31.8. The molecular formula is C24H20N2O3. The highest BCUT2D eigenvalue weighted by Crippen LogP contribution is 2.41. The van der Waals surface area contributed by atoms with Gasteiger partial charge >= 0.3 is 5.91 Å². The van der Waals surface area contributed by atoms with Crippen molar-refractivity contribution in [3.05, 3.63) is 101 Å². The Morgan fingerprint density at radius 3 is 2.24 bits per heavy atom. The first-order valence-corrected chi connectivity index (χ1v) is 9.34. The van der Waals surface area contributed by atoms with E-state index in [1.807, 2.05) is 50.2 Å². The van der Waals surface area contributed by atoms with Crippen LogP contribution in [0.5, 0.6) is 0 Å². The van der Waals surface area contributed by atoms with E-state index in [1.54, 1.807) is 36.4 Å². The molecule has 5 heteroatoms. The number of amides is 1. The zero-order valence-corrected chi connectivity index (χ0v) is 16.2. The van der Waals surface area contributed by atoms with Gasteiger partial charge in [0.05, 0.1) is 11.6 Å². The van der Waals surface area contributed by atoms with E-state index < -0.39 is 17.7 Å². The van der Waals surface area contributed by atoms with Crippen molar-refractivity contribution in [1.82, 2.24) is 4.98 Å². The van der Waals surface area contributed by atoms with Crippen LogP contribution < -0.4 is 4.90 Å². The third-order valence-electron chi connectivity index (χ3n) is 5.01. The summed E-state index contributed by atoms with van der Waals surface area (Å²) in [6.07, 6.45) is 0. The number of nitrogens with zero attached hydrogens (tertiary/aromatic N) is 2. The van der Waals surface area contributed by atoms with E-state index >= 15 is 0 Å². The number of anilines is 1. The molecule has 0 saturated carbocycles. The Morgan fingerprint density at radius 1 is 0.897 bits per heavy atom. The number of carbonyl (C=O) groups is 2. The molecule has 4 rings (SSSR count). The first-order valence-electron chi connectivity index (χ1n) is 9.34. The predicted molar refractivity (Wildman–Crippen MR) is 111 cm³/mol. The minimum Gasteiger partial charge on any atom is -0.507 e. The second kappa shape index (κ2) is 7.36. The van der Waals surface area contributed by atoms with Gasteiger partial charge < -0.3 is 5.11 Å². The second-order valence-corrected chi connectivity index (χ2v) is 7.08. The third-order valence-corrected chi connectivity index (χ3v) is 5.01. The number of benzene rings is 2. The fourth-order valence-corrected chi connectivity index (χ4v) is 3.55. The summed E-state index contributed by atoms with van der Waals surface area (Å²) in [5.41, 5.74) is 3.07. The topological polar surface area (TPSA) is 70.5 Å². The van der Waals surface area contributed by atoms with Crippen LogP contribution in [-0.2, 0) is 9.59 Å². The Hall–Kier alpha value is -3.73. The second-order valence-electron chi connectivity index (χ2n) is 7.08. The van der Waals surface area contributed by atoms with Gasteiger partial charge in [-0.3, -0.25) is 14.5 Å². The molecule has 5 nitrogen and oxygen atoms in total. The molecule has 0 radical (unpaired) electrons. The van der Waals surface area contributed by atoms with Crippen LogP contribution in [0.15, 0.2) is 78.4 Å². The monoisotopic (exact) mass is 384 g/mol. The number of hydrogen-bond donors (Lipinski definition) is 1. The molecule has 1 atom stereocenters. The fourth-order valence-electron chi connectivity index (χ4n) is 3.55. The van der Waals surface area contributed by atoms with Gasteiger partial charge in [0.15, 0.2) is 0 Å². The normalized spacial score (nSPS) is 18.3. The Kier molecular flexibility index (Phi) is 4.72. The maximum atomic E-state index is 13.0. The lowest BCUT2D eigenvalue weighted by Gasteiger charge is -2.24. The number of pyridine rings is 1. The van der Waals surface area contributed by atoms with Gasteiger partial charge in [-0.1, -0.05) is 66.2 Å². The Bertz CT molecular complexity index is 1120. The van der Waals surface area contributed by atoms with Crippen molar-refractivity contribution < 1.29 is 14.7 Å². The molecule has 1 aliphatic heterocycles. The highest BCUT2D eigenvalue weighted by atomic mass is 16.3. The Balaban J connectivity index is 1.96. The van der Waals surface area contributed by atoms with Crippen molar-refractivity contribution in [2.45, 2.75) is 19.9 Å². The summed E-state index contributed by atoms with van der Waals surface area (Å²) in [5.74, 6) is -1.24. The average Bonchev–Trinajstić information content (AvgIpc) is 2.99. The van der Waals surface area contributed by atoms with Crippen LogP contribution in [0.1, 0.15) is 28.4 Å². The first kappa shape index (κ1) is 18.6. The molecule has 1 aromatic heterocycles. The minimum atomic E-state index is -0.759. The van der Waals surface area contributed by atoms with E-state index in [0.717, 1.165) is 16.8 Å². The molecule has 2 heterocycles. The van der Waals surface area contributed by atoms with Crippen molar-refractivity contribution in [1.29, 1.82) is 0 Å². The number of aliphatic hydroxyl groups is 1. The maximum absolute atomic E-state index is 13.0. The molecule has 0 bridgehead atoms. The van der Waals surface area contributed by atoms with Gasteiger partial charge in [-0.15, -0.1) is 0 Å². The van der Waals surface area contributed by atoms with Crippen molar-refractivity contribution in [2.24, 2.45) is 0 Å². The van der Waals surface area contributed by atoms with Gasteiger partial charge in [-0.25, -0.2) is 4.98 Å². The summed E-state index contributed by atoms with van der Waals surface area (Å²) < 4.78 is 0. The summed E-state index contributed by atoms with van der Waals surface area (Å²) in [7, 11) is 0. The van der Waals surface area contributed by atoms with Crippen LogP contribution in [0.2, 0.25) is 0 Å². The molecular weight excluding hydrogens is 364 g/mol. The fraction of sp³-hybridized carbons (Fsp3) is 0.125. The van der Waals surface area contributed by atoms with Crippen molar-refractivity contribution in [2.75, 3.05) is 4.90 Å². The van der Waals surface area contributed by atoms with E-state index in [0.29, 0.717) is 11.4 Å². The summed E-state index contributed by atoms with van der Waals surface area (Å²) in [6.45, 7) is 3.79. The van der Waals surface area contributed by atoms with Gasteiger partial charge in [0.2, 0.25) is 0 Å². The summed E-state index contributed by atoms with van der Waals surface area (Å²) in [5, 5.41) is 11.0. The van der Waals surface area contributed by atoms with Gasteiger partial charge in [0.1, 0.15) is 11.6 Å². The number of hydrogen-bond acceptors (Lipinski definition) is 4. The SMILES string of the molecule is Cc1ccc(C2/C(=C(/O)c3ccccc3)C(=O)C(=O)N2c2cccc(C)n2)cc1. The van der Waals surface area contributed by atoms with E-state index in [9.17, 15) is 14.7 Å². The first-order chi connectivity index (χ1) is 14.0. The van der Waals surface area contributed by atoms with Crippen molar-refractivity contribution in [3.63, 3.8) is 0 Å². The van der Waals surface area contributed by atoms with Gasteiger partial charge in [0, 0.05) is 11.3 Å². The molecule has 1 amide bonds.